The molecule has 2 aliphatic carbocycles. The van der Waals surface area contributed by atoms with Gasteiger partial charge < -0.3 is 59.0 Å². The van der Waals surface area contributed by atoms with E-state index in [0.717, 1.165) is 142 Å². The molecule has 2 saturated carbocycles. The van der Waals surface area contributed by atoms with Gasteiger partial charge >= 0.3 is 12.3 Å². The van der Waals surface area contributed by atoms with E-state index in [1.807, 2.05) is 176 Å². The summed E-state index contributed by atoms with van der Waals surface area (Å²) < 4.78 is 55.5. The minimum absolute atomic E-state index is 0. The maximum atomic E-state index is 12.5. The minimum atomic E-state index is -0.401. The Labute approximate surface area is 658 Å². The molecule has 2 fully saturated rings. The average Bonchev–Trinajstić information content (AvgIpc) is 1.61. The van der Waals surface area contributed by atoms with Gasteiger partial charge in [0.15, 0.2) is 22.3 Å². The SMILES string of the molecule is C.C.CCCc1noc2ccc3cc(O)ccc3c12.CCCc1noc2ccc3cc(Oc4cccc(OC)c4)ccc3c12.COc1cccc(Oc2ccc3c(ccc4onc(C5CCC(=O)CC5=O)c43)c2)c1.COc1cccc(Oc2ccc3c(ccc4onc(C5CCC(=O)CC5=O)c43)c2)c1.O=C=O.O=C=O.[CH3-].[W]. The van der Waals surface area contributed by atoms with E-state index in [1.54, 1.807) is 33.5 Å². The summed E-state index contributed by atoms with van der Waals surface area (Å²) in [6, 6.07) is 60.9. The van der Waals surface area contributed by atoms with Crippen LogP contribution in [0.2, 0.25) is 0 Å². The van der Waals surface area contributed by atoms with E-state index in [2.05, 4.69) is 40.5 Å². The van der Waals surface area contributed by atoms with Crippen LogP contribution in [0.5, 0.6) is 57.5 Å². The molecule has 17 rings (SSSR count). The minimum Gasteiger partial charge on any atom is -0.508 e. The number of phenolic OH excluding ortho intramolecular Hbond substituents is 1. The molecule has 2 unspecified atom stereocenters. The summed E-state index contributed by atoms with van der Waals surface area (Å²) in [4.78, 5) is 80.6. The molecular weight excluding hydrogens is 1600 g/mol. The van der Waals surface area contributed by atoms with Crippen LogP contribution < -0.4 is 28.4 Å². The number of carbonyl (C=O) groups is 4. The number of rotatable bonds is 15. The van der Waals surface area contributed by atoms with Gasteiger partial charge in [-0.15, -0.1) is 0 Å². The second kappa shape index (κ2) is 39.4. The van der Waals surface area contributed by atoms with Crippen LogP contribution in [0.15, 0.2) is 212 Å². The van der Waals surface area contributed by atoms with Gasteiger partial charge in [-0.05, 0) is 202 Å². The number of Topliss-reactive ketones (excluding diaryl/α,β-unsaturated/α-hetero) is 4. The molecule has 23 nitrogen and oxygen atoms in total. The van der Waals surface area contributed by atoms with E-state index >= 15 is 0 Å². The number of methoxy groups -OCH3 is 3. The molecule has 2 aliphatic rings. The number of aromatic hydroxyl groups is 1. The van der Waals surface area contributed by atoms with Crippen LogP contribution in [0.25, 0.3) is 87.0 Å². The molecule has 0 spiro atoms. The van der Waals surface area contributed by atoms with E-state index in [9.17, 15) is 24.3 Å². The number of aryl methyl sites for hydroxylation is 2. The van der Waals surface area contributed by atoms with Gasteiger partial charge in [0.25, 0.3) is 0 Å². The predicted octanol–water partition coefficient (Wildman–Crippen LogP) is 20.3. The van der Waals surface area contributed by atoms with E-state index in [-0.39, 0.29) is 97.4 Å². The molecule has 4 aromatic heterocycles. The normalized spacial score (nSPS) is 13.4. The molecule has 11 aromatic carbocycles. The fourth-order valence-electron chi connectivity index (χ4n) is 13.4. The van der Waals surface area contributed by atoms with Gasteiger partial charge in [-0.1, -0.05) is 105 Å². The Morgan fingerprint density at radius 2 is 0.688 bits per heavy atom. The monoisotopic (exact) mass is 1680 g/mol. The van der Waals surface area contributed by atoms with Crippen LogP contribution in [0.4, 0.5) is 0 Å². The zero-order valence-electron chi connectivity index (χ0n) is 60.7. The van der Waals surface area contributed by atoms with E-state index in [4.69, 9.17) is 65.7 Å². The Morgan fingerprint density at radius 3 is 1.02 bits per heavy atom. The smallest absolute Gasteiger partial charge is 0.373 e. The number of aromatic nitrogens is 4. The molecule has 0 amide bonds. The number of hydrogen-bond donors (Lipinski definition) is 1. The molecule has 24 heteroatoms. The van der Waals surface area contributed by atoms with Crippen LogP contribution in [-0.2, 0) is 72.3 Å². The fraction of sp³-hybridized carbons (Fsp3) is 0.216. The van der Waals surface area contributed by atoms with Crippen molar-refractivity contribution >= 4 is 122 Å². The summed E-state index contributed by atoms with van der Waals surface area (Å²) >= 11 is 0. The van der Waals surface area contributed by atoms with Gasteiger partial charge in [0.1, 0.15) is 92.0 Å². The Hall–Kier alpha value is -12.9. The molecule has 2 atom stereocenters. The van der Waals surface area contributed by atoms with Gasteiger partial charge in [-0.2, -0.15) is 19.2 Å². The number of phenols is 1. The Morgan fingerprint density at radius 1 is 0.393 bits per heavy atom. The molecular formula is C88H81N4O19W-. The molecule has 0 saturated heterocycles. The zero-order valence-corrected chi connectivity index (χ0v) is 63.6. The second-order valence-corrected chi connectivity index (χ2v) is 25.3. The van der Waals surface area contributed by atoms with Crippen molar-refractivity contribution in [2.45, 2.75) is 105 Å². The van der Waals surface area contributed by atoms with E-state index < -0.39 is 11.8 Å². The number of fused-ring (bicyclic) bond motifs is 12. The number of ether oxygens (including phenoxy) is 6. The third kappa shape index (κ3) is 19.4. The van der Waals surface area contributed by atoms with Crippen LogP contribution in [0.3, 0.4) is 0 Å². The first-order valence-electron chi connectivity index (χ1n) is 34.6. The summed E-state index contributed by atoms with van der Waals surface area (Å²) in [5.74, 6) is 5.78. The van der Waals surface area contributed by atoms with Crippen LogP contribution in [0.1, 0.15) is 115 Å². The molecule has 4 heterocycles. The van der Waals surface area contributed by atoms with E-state index in [1.165, 1.54) is 0 Å². The number of carbonyl (C=O) groups excluding carboxylic acids is 8. The molecule has 1 N–H and O–H groups in total. The Kier molecular flexibility index (Phi) is 29.8. The van der Waals surface area contributed by atoms with Gasteiger partial charge in [-0.3, -0.25) is 19.2 Å². The van der Waals surface area contributed by atoms with Crippen LogP contribution in [-0.4, -0.2) is 82.5 Å². The fourth-order valence-corrected chi connectivity index (χ4v) is 13.4. The van der Waals surface area contributed by atoms with Crippen molar-refractivity contribution in [3.05, 3.63) is 224 Å². The van der Waals surface area contributed by atoms with Crippen molar-refractivity contribution in [2.24, 2.45) is 0 Å². The number of hydrogen-bond acceptors (Lipinski definition) is 23. The van der Waals surface area contributed by atoms with Gasteiger partial charge in [0.05, 0.1) is 78.9 Å². The summed E-state index contributed by atoms with van der Waals surface area (Å²) in [7, 11) is 4.88. The van der Waals surface area contributed by atoms with Crippen molar-refractivity contribution in [2.75, 3.05) is 21.3 Å². The van der Waals surface area contributed by atoms with Crippen molar-refractivity contribution in [1.29, 1.82) is 0 Å². The Bertz CT molecular complexity index is 5690. The number of nitrogens with zero attached hydrogens (tertiary/aromatic N) is 4. The maximum Gasteiger partial charge on any atom is 0.373 e. The van der Waals surface area contributed by atoms with E-state index in [0.29, 0.717) is 71.2 Å². The standard InChI is InChI=1S/2C24H19NO5.C21H19NO3.C14H13NO2.2CO2.2CH4.CH3.W/c2*1-28-16-3-2-4-17(13-16)29-18-7-9-19-14(11-18)5-10-22-23(19)24(25-30-22)20-8-6-15(26)12-21(20)27;1-3-5-19-21-18-10-9-17(12-14(18)8-11-20(21)25-22-19)24-16-7-4-6-15(13-16)23-2;1-2-3-12-14-11-6-5-10(16)8-9(11)4-7-13(14)17-15-12;2*2-1-3;;;;/h2*2-5,7,9-11,13,20H,6,8,12H2,1H3;4,6-13H,3,5H2,1-2H3;4-8,16H,2-3H2,1H3;;;2*1H4;1H3;/q;;;;;;;;-1;. The average molecular weight is 1680 g/mol. The third-order valence-electron chi connectivity index (χ3n) is 18.3. The third-order valence-corrected chi connectivity index (χ3v) is 18.3. The van der Waals surface area contributed by atoms with Gasteiger partial charge in [-0.25, -0.2) is 0 Å². The van der Waals surface area contributed by atoms with Crippen molar-refractivity contribution in [3.63, 3.8) is 0 Å². The van der Waals surface area contributed by atoms with Gasteiger partial charge in [0.2, 0.25) is 0 Å². The maximum absolute atomic E-state index is 12.5. The largest absolute Gasteiger partial charge is 0.508 e. The predicted molar refractivity (Wildman–Crippen MR) is 418 cm³/mol. The molecule has 0 aliphatic heterocycles. The van der Waals surface area contributed by atoms with Crippen molar-refractivity contribution in [3.8, 4) is 57.5 Å². The second-order valence-electron chi connectivity index (χ2n) is 25.3. The first-order chi connectivity index (χ1) is 52.6. The zero-order chi connectivity index (χ0) is 75.8. The summed E-state index contributed by atoms with van der Waals surface area (Å²) in [5, 5.41) is 38.2. The number of ketones is 4. The van der Waals surface area contributed by atoms with Gasteiger partial charge in [0, 0.05) is 52.1 Å². The first-order valence-corrected chi connectivity index (χ1v) is 34.6. The molecule has 15 aromatic rings. The Balaban J connectivity index is 0.000000183. The summed E-state index contributed by atoms with van der Waals surface area (Å²) in [6.07, 6.45) is 6.10. The molecule has 574 valence electrons. The molecule has 0 bridgehead atoms. The number of benzene rings is 11. The van der Waals surface area contributed by atoms with Crippen molar-refractivity contribution < 1.29 is 111 Å². The molecule has 0 radical (unpaired) electrons. The summed E-state index contributed by atoms with van der Waals surface area (Å²) in [5.41, 5.74) is 6.16. The van der Waals surface area contributed by atoms with Crippen LogP contribution >= 0.6 is 0 Å². The first kappa shape index (κ1) is 84.7. The molecule has 112 heavy (non-hydrogen) atoms. The quantitative estimate of drug-likeness (QED) is 0.0736. The van der Waals surface area contributed by atoms with Crippen LogP contribution in [0, 0.1) is 7.43 Å². The summed E-state index contributed by atoms with van der Waals surface area (Å²) in [6.45, 7) is 4.27. The van der Waals surface area contributed by atoms with Crippen molar-refractivity contribution in [1.82, 2.24) is 20.6 Å². The topological polar surface area (TPSA) is 316 Å².